The van der Waals surface area contributed by atoms with Crippen molar-refractivity contribution >= 4 is 35.1 Å². The normalized spacial score (nSPS) is 21.8. The molecule has 162 valence electrons. The molecule has 1 aromatic rings. The summed E-state index contributed by atoms with van der Waals surface area (Å²) in [5.41, 5.74) is 1.60. The Morgan fingerprint density at radius 3 is 2.20 bits per heavy atom. The van der Waals surface area contributed by atoms with Gasteiger partial charge in [-0.05, 0) is 44.0 Å². The molecule has 0 bridgehead atoms. The largest absolute Gasteiger partial charge is 0.452 e. The van der Waals surface area contributed by atoms with Crippen molar-refractivity contribution in [3.05, 3.63) is 24.3 Å². The van der Waals surface area contributed by atoms with E-state index in [9.17, 15) is 19.2 Å². The number of hydrogen-bond donors (Lipinski definition) is 1. The van der Waals surface area contributed by atoms with Crippen molar-refractivity contribution in [3.63, 3.8) is 0 Å². The van der Waals surface area contributed by atoms with E-state index < -0.39 is 18.0 Å². The maximum absolute atomic E-state index is 12.4. The smallest absolute Gasteiger partial charge is 0.308 e. The predicted octanol–water partition coefficient (Wildman–Crippen LogP) is 2.19. The number of fused-ring (bicyclic) bond motifs is 1. The Hall–Kier alpha value is -2.90. The summed E-state index contributed by atoms with van der Waals surface area (Å²) in [7, 11) is 3.85. The van der Waals surface area contributed by atoms with Crippen molar-refractivity contribution < 1.29 is 23.9 Å². The molecule has 3 amide bonds. The highest BCUT2D eigenvalue weighted by molar-refractivity contribution is 6.05. The van der Waals surface area contributed by atoms with Gasteiger partial charge in [0.25, 0.3) is 5.91 Å². The number of benzene rings is 1. The van der Waals surface area contributed by atoms with E-state index in [0.717, 1.165) is 31.4 Å². The Labute approximate surface area is 176 Å². The van der Waals surface area contributed by atoms with Crippen LogP contribution >= 0.6 is 0 Å². The number of amides is 3. The number of anilines is 2. The maximum Gasteiger partial charge on any atom is 0.308 e. The van der Waals surface area contributed by atoms with Crippen LogP contribution in [0.2, 0.25) is 0 Å². The van der Waals surface area contributed by atoms with Gasteiger partial charge in [0.05, 0.1) is 18.3 Å². The summed E-state index contributed by atoms with van der Waals surface area (Å²) in [5, 5.41) is 2.70. The van der Waals surface area contributed by atoms with Gasteiger partial charge in [0.15, 0.2) is 6.10 Å². The highest BCUT2D eigenvalue weighted by Gasteiger charge is 2.47. The molecule has 1 aliphatic carbocycles. The monoisotopic (exact) mass is 415 g/mol. The minimum absolute atomic E-state index is 0.00381. The van der Waals surface area contributed by atoms with Crippen molar-refractivity contribution in [3.8, 4) is 0 Å². The molecule has 1 saturated carbocycles. The summed E-state index contributed by atoms with van der Waals surface area (Å²) in [6.45, 7) is 1.49. The van der Waals surface area contributed by atoms with E-state index in [1.165, 1.54) is 11.8 Å². The third-order valence-corrected chi connectivity index (χ3v) is 5.80. The molecule has 0 unspecified atom stereocenters. The number of nitrogens with zero attached hydrogens (tertiary/aromatic N) is 2. The molecule has 1 N–H and O–H groups in total. The van der Waals surface area contributed by atoms with Gasteiger partial charge in [-0.1, -0.05) is 12.8 Å². The van der Waals surface area contributed by atoms with Crippen LogP contribution in [0, 0.1) is 11.8 Å². The Kier molecular flexibility index (Phi) is 6.74. The van der Waals surface area contributed by atoms with E-state index >= 15 is 0 Å². The average Bonchev–Trinajstić information content (AvgIpc) is 2.97. The van der Waals surface area contributed by atoms with E-state index in [4.69, 9.17) is 4.74 Å². The third kappa shape index (κ3) is 4.80. The van der Waals surface area contributed by atoms with Gasteiger partial charge in [0.2, 0.25) is 11.8 Å². The van der Waals surface area contributed by atoms with E-state index in [2.05, 4.69) is 5.32 Å². The zero-order chi connectivity index (χ0) is 21.8. The lowest BCUT2D eigenvalue weighted by molar-refractivity contribution is -0.154. The lowest BCUT2D eigenvalue weighted by atomic mass is 9.81. The second kappa shape index (κ2) is 9.28. The molecule has 0 spiro atoms. The molecule has 30 heavy (non-hydrogen) atoms. The Morgan fingerprint density at radius 1 is 1.10 bits per heavy atom. The van der Waals surface area contributed by atoms with Crippen molar-refractivity contribution in [2.24, 2.45) is 11.8 Å². The number of carbonyl (C=O) groups is 4. The molecular formula is C22H29N3O5. The van der Waals surface area contributed by atoms with Crippen molar-refractivity contribution in [2.45, 2.75) is 45.1 Å². The summed E-state index contributed by atoms with van der Waals surface area (Å²) in [4.78, 5) is 52.5. The number of imide groups is 1. The van der Waals surface area contributed by atoms with E-state index in [-0.39, 0.29) is 36.6 Å². The molecule has 2 fully saturated rings. The van der Waals surface area contributed by atoms with Crippen LogP contribution in [0.3, 0.4) is 0 Å². The lowest BCUT2D eigenvalue weighted by Gasteiger charge is -2.19. The van der Waals surface area contributed by atoms with Gasteiger partial charge in [0, 0.05) is 32.0 Å². The molecule has 8 heteroatoms. The van der Waals surface area contributed by atoms with Crippen LogP contribution in [0.1, 0.15) is 39.0 Å². The number of rotatable bonds is 7. The first-order valence-electron chi connectivity index (χ1n) is 10.4. The second-order valence-electron chi connectivity index (χ2n) is 8.14. The van der Waals surface area contributed by atoms with Crippen molar-refractivity contribution in [1.29, 1.82) is 0 Å². The first-order chi connectivity index (χ1) is 14.3. The van der Waals surface area contributed by atoms with Gasteiger partial charge >= 0.3 is 5.97 Å². The number of hydrogen-bond acceptors (Lipinski definition) is 6. The summed E-state index contributed by atoms with van der Waals surface area (Å²) >= 11 is 0. The van der Waals surface area contributed by atoms with Crippen LogP contribution in [-0.2, 0) is 23.9 Å². The first-order valence-corrected chi connectivity index (χ1v) is 10.4. The van der Waals surface area contributed by atoms with Gasteiger partial charge in [-0.15, -0.1) is 0 Å². The molecule has 8 nitrogen and oxygen atoms in total. The number of nitrogens with one attached hydrogen (secondary N) is 1. The molecule has 1 aliphatic heterocycles. The van der Waals surface area contributed by atoms with Crippen LogP contribution in [0.25, 0.3) is 0 Å². The molecule has 1 heterocycles. The minimum Gasteiger partial charge on any atom is -0.452 e. The van der Waals surface area contributed by atoms with Crippen LogP contribution in [0.5, 0.6) is 0 Å². The molecule has 2 aliphatic rings. The lowest BCUT2D eigenvalue weighted by Crippen LogP contribution is -2.35. The topological polar surface area (TPSA) is 96.0 Å². The van der Waals surface area contributed by atoms with Crippen molar-refractivity contribution in [2.75, 3.05) is 30.9 Å². The molecular weight excluding hydrogens is 386 g/mol. The number of carbonyl (C=O) groups excluding carboxylic acids is 4. The van der Waals surface area contributed by atoms with E-state index in [1.54, 1.807) is 12.1 Å². The quantitative estimate of drug-likeness (QED) is 0.542. The zero-order valence-electron chi connectivity index (χ0n) is 17.7. The SMILES string of the molecule is C[C@@H](OC(=O)CCN1C(=O)[C@H]2CCCC[C@H]2C1=O)C(=O)Nc1ccc(N(C)C)cc1. The Bertz CT molecular complexity index is 797. The summed E-state index contributed by atoms with van der Waals surface area (Å²) in [6, 6.07) is 7.28. The van der Waals surface area contributed by atoms with Gasteiger partial charge in [0.1, 0.15) is 0 Å². The van der Waals surface area contributed by atoms with Crippen LogP contribution in [0.4, 0.5) is 11.4 Å². The molecule has 1 aromatic carbocycles. The van der Waals surface area contributed by atoms with Gasteiger partial charge in [-0.25, -0.2) is 0 Å². The Balaban J connectivity index is 1.46. The van der Waals surface area contributed by atoms with E-state index in [0.29, 0.717) is 5.69 Å². The summed E-state index contributed by atoms with van der Waals surface area (Å²) in [6.07, 6.45) is 2.29. The van der Waals surface area contributed by atoms with Gasteiger partial charge in [-0.3, -0.25) is 24.1 Å². The summed E-state index contributed by atoms with van der Waals surface area (Å²) < 4.78 is 5.19. The highest BCUT2D eigenvalue weighted by atomic mass is 16.5. The number of ether oxygens (including phenoxy) is 1. The van der Waals surface area contributed by atoms with Gasteiger partial charge < -0.3 is 15.0 Å². The van der Waals surface area contributed by atoms with Crippen LogP contribution in [-0.4, -0.2) is 55.3 Å². The molecule has 3 atom stereocenters. The number of esters is 1. The fourth-order valence-electron chi connectivity index (χ4n) is 4.05. The Morgan fingerprint density at radius 2 is 1.67 bits per heavy atom. The zero-order valence-corrected chi connectivity index (χ0v) is 17.7. The highest BCUT2D eigenvalue weighted by Crippen LogP contribution is 2.38. The predicted molar refractivity (Wildman–Crippen MR) is 112 cm³/mol. The fraction of sp³-hybridized carbons (Fsp3) is 0.545. The van der Waals surface area contributed by atoms with Crippen molar-refractivity contribution in [1.82, 2.24) is 4.90 Å². The second-order valence-corrected chi connectivity index (χ2v) is 8.14. The molecule has 1 saturated heterocycles. The standard InChI is InChI=1S/C22H29N3O5/c1-14(20(27)23-15-8-10-16(11-9-15)24(2)3)30-19(26)12-13-25-21(28)17-6-4-5-7-18(17)22(25)29/h8-11,14,17-18H,4-7,12-13H2,1-3H3,(H,23,27)/t14-,17-,18+/m1/s1. The summed E-state index contributed by atoms with van der Waals surface area (Å²) in [5.74, 6) is -1.87. The molecule has 0 radical (unpaired) electrons. The minimum atomic E-state index is -0.987. The van der Waals surface area contributed by atoms with Crippen LogP contribution in [0.15, 0.2) is 24.3 Å². The third-order valence-electron chi connectivity index (χ3n) is 5.80. The van der Waals surface area contributed by atoms with Crippen LogP contribution < -0.4 is 10.2 Å². The fourth-order valence-corrected chi connectivity index (χ4v) is 4.05. The number of likely N-dealkylation sites (tertiary alicyclic amines) is 1. The first kappa shape index (κ1) is 21.8. The average molecular weight is 415 g/mol. The maximum atomic E-state index is 12.4. The molecule has 3 rings (SSSR count). The molecule has 0 aromatic heterocycles. The van der Waals surface area contributed by atoms with Gasteiger partial charge in [-0.2, -0.15) is 0 Å². The van der Waals surface area contributed by atoms with E-state index in [1.807, 2.05) is 31.1 Å².